The highest BCUT2D eigenvalue weighted by Gasteiger charge is 2.15. The van der Waals surface area contributed by atoms with Crippen LogP contribution in [0, 0.1) is 0 Å². The third-order valence-electron chi connectivity index (χ3n) is 2.61. The van der Waals surface area contributed by atoms with Crippen molar-refractivity contribution < 1.29 is 4.79 Å². The molecule has 0 fully saturated rings. The molecule has 8 heteroatoms. The first-order valence-electron chi connectivity index (χ1n) is 6.01. The number of pyridine rings is 1. The lowest BCUT2D eigenvalue weighted by Gasteiger charge is -2.14. The number of nitrogens with one attached hydrogen (secondary N) is 2. The maximum atomic E-state index is 12.1. The van der Waals surface area contributed by atoms with Crippen molar-refractivity contribution in [3.8, 4) is 0 Å². The maximum absolute atomic E-state index is 12.1. The highest BCUT2D eigenvalue weighted by molar-refractivity contribution is 6.33. The van der Waals surface area contributed by atoms with E-state index in [9.17, 15) is 4.79 Å². The minimum absolute atomic E-state index is 0.116. The average Bonchev–Trinajstić information content (AvgIpc) is 2.91. The van der Waals surface area contributed by atoms with Crippen LogP contribution in [0.5, 0.6) is 0 Å². The molecule has 1 amide bonds. The van der Waals surface area contributed by atoms with E-state index in [4.69, 9.17) is 17.4 Å². The molecule has 2 rings (SSSR count). The van der Waals surface area contributed by atoms with Crippen molar-refractivity contribution in [3.63, 3.8) is 0 Å². The van der Waals surface area contributed by atoms with Gasteiger partial charge in [-0.15, -0.1) is 0 Å². The van der Waals surface area contributed by atoms with Crippen LogP contribution in [0.15, 0.2) is 30.6 Å². The van der Waals surface area contributed by atoms with Crippen LogP contribution >= 0.6 is 11.6 Å². The lowest BCUT2D eigenvalue weighted by atomic mass is 10.3. The van der Waals surface area contributed by atoms with Gasteiger partial charge < -0.3 is 10.7 Å². The third kappa shape index (κ3) is 3.46. The van der Waals surface area contributed by atoms with Crippen molar-refractivity contribution in [1.82, 2.24) is 20.1 Å². The first-order chi connectivity index (χ1) is 9.60. The molecule has 1 atom stereocenters. The molecule has 0 aliphatic rings. The number of hydrazine groups is 1. The Morgan fingerprint density at radius 2 is 2.35 bits per heavy atom. The fourth-order valence-corrected chi connectivity index (χ4v) is 1.90. The van der Waals surface area contributed by atoms with Crippen molar-refractivity contribution in [2.45, 2.75) is 19.5 Å². The fourth-order valence-electron chi connectivity index (χ4n) is 1.71. The van der Waals surface area contributed by atoms with Crippen LogP contribution in [0.2, 0.25) is 5.02 Å². The van der Waals surface area contributed by atoms with E-state index >= 15 is 0 Å². The van der Waals surface area contributed by atoms with E-state index in [-0.39, 0.29) is 22.7 Å². The standard InChI is InChI=1S/C12H15ClN6O/c1-8(7-19-6-2-5-15-19)16-12(20)11-9(13)3-4-10(17-11)18-14/h2-6,8H,7,14H2,1H3,(H,16,20)(H,17,18). The van der Waals surface area contributed by atoms with E-state index in [1.165, 1.54) is 0 Å². The second kappa shape index (κ2) is 6.36. The molecule has 2 aromatic rings. The average molecular weight is 295 g/mol. The molecule has 0 spiro atoms. The molecule has 0 aliphatic carbocycles. The van der Waals surface area contributed by atoms with Gasteiger partial charge in [0, 0.05) is 18.4 Å². The Morgan fingerprint density at radius 1 is 1.55 bits per heavy atom. The summed E-state index contributed by atoms with van der Waals surface area (Å²) >= 11 is 5.96. The Labute approximate surface area is 121 Å². The van der Waals surface area contributed by atoms with Crippen molar-refractivity contribution in [2.75, 3.05) is 5.43 Å². The van der Waals surface area contributed by atoms with E-state index in [1.54, 1.807) is 23.0 Å². The summed E-state index contributed by atoms with van der Waals surface area (Å²) < 4.78 is 1.73. The lowest BCUT2D eigenvalue weighted by Crippen LogP contribution is -2.36. The normalized spacial score (nSPS) is 11.9. The van der Waals surface area contributed by atoms with Gasteiger partial charge in [0.15, 0.2) is 0 Å². The summed E-state index contributed by atoms with van der Waals surface area (Å²) in [5.41, 5.74) is 2.51. The second-order valence-corrected chi connectivity index (χ2v) is 4.68. The molecule has 7 nitrogen and oxygen atoms in total. The van der Waals surface area contributed by atoms with Crippen LogP contribution in [0.3, 0.4) is 0 Å². The van der Waals surface area contributed by atoms with Gasteiger partial charge in [0.1, 0.15) is 11.5 Å². The summed E-state index contributed by atoms with van der Waals surface area (Å²) in [5.74, 6) is 5.28. The number of nitrogen functional groups attached to an aromatic ring is 1. The Bertz CT molecular complexity index is 586. The van der Waals surface area contributed by atoms with Gasteiger partial charge in [0.05, 0.1) is 11.6 Å². The molecular formula is C12H15ClN6O. The first kappa shape index (κ1) is 14.3. The molecule has 20 heavy (non-hydrogen) atoms. The predicted octanol–water partition coefficient (Wildman–Crippen LogP) is 1.04. The summed E-state index contributed by atoms with van der Waals surface area (Å²) in [6.07, 6.45) is 3.51. The van der Waals surface area contributed by atoms with Crippen molar-refractivity contribution in [1.29, 1.82) is 0 Å². The van der Waals surface area contributed by atoms with Crippen molar-refractivity contribution >= 4 is 23.3 Å². The number of anilines is 1. The first-order valence-corrected chi connectivity index (χ1v) is 6.39. The molecular weight excluding hydrogens is 280 g/mol. The van der Waals surface area contributed by atoms with Gasteiger partial charge in [-0.2, -0.15) is 5.10 Å². The number of amides is 1. The highest BCUT2D eigenvalue weighted by atomic mass is 35.5. The number of hydrogen-bond donors (Lipinski definition) is 3. The summed E-state index contributed by atoms with van der Waals surface area (Å²) in [7, 11) is 0. The zero-order valence-corrected chi connectivity index (χ0v) is 11.6. The summed E-state index contributed by atoms with van der Waals surface area (Å²) in [5, 5.41) is 7.16. The molecule has 2 heterocycles. The monoisotopic (exact) mass is 294 g/mol. The van der Waals surface area contributed by atoms with Crippen LogP contribution in [0.25, 0.3) is 0 Å². The van der Waals surface area contributed by atoms with Gasteiger partial charge >= 0.3 is 0 Å². The van der Waals surface area contributed by atoms with Crippen LogP contribution in [0.1, 0.15) is 17.4 Å². The van der Waals surface area contributed by atoms with Gasteiger partial charge in [-0.05, 0) is 25.1 Å². The number of hydrogen-bond acceptors (Lipinski definition) is 5. The van der Waals surface area contributed by atoms with E-state index in [0.29, 0.717) is 12.4 Å². The number of carbonyl (C=O) groups excluding carboxylic acids is 1. The zero-order valence-electron chi connectivity index (χ0n) is 10.9. The Hall–Kier alpha value is -2.12. The number of nitrogens with zero attached hydrogens (tertiary/aromatic N) is 3. The molecule has 0 radical (unpaired) electrons. The van der Waals surface area contributed by atoms with E-state index in [0.717, 1.165) is 0 Å². The van der Waals surface area contributed by atoms with Gasteiger partial charge in [-0.1, -0.05) is 11.6 Å². The Balaban J connectivity index is 2.04. The molecule has 2 aromatic heterocycles. The molecule has 4 N–H and O–H groups in total. The number of halogens is 1. The third-order valence-corrected chi connectivity index (χ3v) is 2.91. The lowest BCUT2D eigenvalue weighted by molar-refractivity contribution is 0.0931. The molecule has 0 saturated heterocycles. The Morgan fingerprint density at radius 3 is 3.00 bits per heavy atom. The minimum atomic E-state index is -0.355. The Kier molecular flexibility index (Phi) is 4.54. The minimum Gasteiger partial charge on any atom is -0.346 e. The quantitative estimate of drug-likeness (QED) is 0.565. The van der Waals surface area contributed by atoms with Crippen molar-refractivity contribution in [3.05, 3.63) is 41.3 Å². The van der Waals surface area contributed by atoms with Gasteiger partial charge in [0.25, 0.3) is 5.91 Å². The second-order valence-electron chi connectivity index (χ2n) is 4.27. The smallest absolute Gasteiger partial charge is 0.271 e. The van der Waals surface area contributed by atoms with E-state index in [1.807, 2.05) is 19.2 Å². The zero-order chi connectivity index (χ0) is 14.5. The summed E-state index contributed by atoms with van der Waals surface area (Å²) in [6, 6.07) is 4.86. The fraction of sp³-hybridized carbons (Fsp3) is 0.250. The van der Waals surface area contributed by atoms with E-state index < -0.39 is 0 Å². The van der Waals surface area contributed by atoms with Crippen LogP contribution in [-0.2, 0) is 6.54 Å². The topological polar surface area (TPSA) is 97.9 Å². The molecule has 0 saturated carbocycles. The maximum Gasteiger partial charge on any atom is 0.271 e. The highest BCUT2D eigenvalue weighted by Crippen LogP contribution is 2.16. The SMILES string of the molecule is CC(Cn1cccn1)NC(=O)c1nc(NN)ccc1Cl. The molecule has 1 unspecified atom stereocenters. The van der Waals surface area contributed by atoms with Crippen LogP contribution in [-0.4, -0.2) is 26.7 Å². The van der Waals surface area contributed by atoms with Crippen LogP contribution < -0.4 is 16.6 Å². The molecule has 106 valence electrons. The number of nitrogens with two attached hydrogens (primary N) is 1. The largest absolute Gasteiger partial charge is 0.346 e. The molecule has 0 bridgehead atoms. The number of rotatable bonds is 5. The van der Waals surface area contributed by atoms with Crippen molar-refractivity contribution in [2.24, 2.45) is 5.84 Å². The molecule has 0 aliphatic heterocycles. The van der Waals surface area contributed by atoms with Crippen LogP contribution in [0.4, 0.5) is 5.82 Å². The number of aromatic nitrogens is 3. The van der Waals surface area contributed by atoms with Gasteiger partial charge in [0.2, 0.25) is 0 Å². The summed E-state index contributed by atoms with van der Waals surface area (Å²) in [4.78, 5) is 16.2. The van der Waals surface area contributed by atoms with E-state index in [2.05, 4.69) is 20.8 Å². The van der Waals surface area contributed by atoms with Gasteiger partial charge in [-0.3, -0.25) is 9.48 Å². The number of carbonyl (C=O) groups is 1. The molecule has 0 aromatic carbocycles. The predicted molar refractivity (Wildman–Crippen MR) is 76.2 cm³/mol. The summed E-state index contributed by atoms with van der Waals surface area (Å²) in [6.45, 7) is 2.43. The van der Waals surface area contributed by atoms with Gasteiger partial charge in [-0.25, -0.2) is 10.8 Å².